The molecule has 0 spiro atoms. The molecular weight excluding hydrogens is 259 g/mol. The number of anilines is 1. The van der Waals surface area contributed by atoms with Gasteiger partial charge in [-0.2, -0.15) is 5.26 Å². The summed E-state index contributed by atoms with van der Waals surface area (Å²) in [6, 6.07) is 6.97. The first-order valence-corrected chi connectivity index (χ1v) is 5.55. The highest BCUT2D eigenvalue weighted by Crippen LogP contribution is 2.21. The molecule has 0 amide bonds. The predicted molar refractivity (Wildman–Crippen MR) is 62.0 cm³/mol. The van der Waals surface area contributed by atoms with Gasteiger partial charge in [-0.15, -0.1) is 0 Å². The standard InChI is InChI=1S/C11H12BrFN2/c1-2-8(5-6-14)15-9-3-4-11(13)10(12)7-9/h3-4,7-8,15H,2,5H2,1H3. The highest BCUT2D eigenvalue weighted by molar-refractivity contribution is 9.10. The van der Waals surface area contributed by atoms with E-state index in [0.717, 1.165) is 12.1 Å². The molecule has 80 valence electrons. The average molecular weight is 271 g/mol. The minimum absolute atomic E-state index is 0.118. The Bertz CT molecular complexity index is 373. The molecule has 0 aliphatic rings. The second-order valence-electron chi connectivity index (χ2n) is 3.24. The molecule has 1 atom stereocenters. The van der Waals surface area contributed by atoms with Crippen LogP contribution < -0.4 is 5.32 Å². The molecule has 1 rings (SSSR count). The molecule has 0 aromatic heterocycles. The summed E-state index contributed by atoms with van der Waals surface area (Å²) >= 11 is 3.12. The van der Waals surface area contributed by atoms with Gasteiger partial charge in [0.2, 0.25) is 0 Å². The summed E-state index contributed by atoms with van der Waals surface area (Å²) in [4.78, 5) is 0. The Hall–Kier alpha value is -1.08. The fourth-order valence-electron chi connectivity index (χ4n) is 1.23. The molecule has 15 heavy (non-hydrogen) atoms. The van der Waals surface area contributed by atoms with Gasteiger partial charge >= 0.3 is 0 Å². The number of halogens is 2. The van der Waals surface area contributed by atoms with Gasteiger partial charge in [-0.1, -0.05) is 6.92 Å². The Morgan fingerprint density at radius 3 is 2.87 bits per heavy atom. The number of rotatable bonds is 4. The van der Waals surface area contributed by atoms with Crippen LogP contribution in [0, 0.1) is 17.1 Å². The molecule has 0 bridgehead atoms. The first-order valence-electron chi connectivity index (χ1n) is 4.76. The van der Waals surface area contributed by atoms with Crippen molar-refractivity contribution in [3.8, 4) is 6.07 Å². The lowest BCUT2D eigenvalue weighted by Gasteiger charge is -2.15. The average Bonchev–Trinajstić information content (AvgIpc) is 2.23. The van der Waals surface area contributed by atoms with Crippen LogP contribution in [-0.2, 0) is 0 Å². The zero-order valence-electron chi connectivity index (χ0n) is 8.43. The van der Waals surface area contributed by atoms with Gasteiger partial charge in [-0.3, -0.25) is 0 Å². The van der Waals surface area contributed by atoms with E-state index >= 15 is 0 Å². The maximum Gasteiger partial charge on any atom is 0.137 e. The fraction of sp³-hybridized carbons (Fsp3) is 0.364. The summed E-state index contributed by atoms with van der Waals surface area (Å²) in [7, 11) is 0. The number of benzene rings is 1. The van der Waals surface area contributed by atoms with Crippen LogP contribution in [0.4, 0.5) is 10.1 Å². The van der Waals surface area contributed by atoms with Gasteiger partial charge in [-0.25, -0.2) is 4.39 Å². The third-order valence-electron chi connectivity index (χ3n) is 2.12. The molecule has 0 heterocycles. The van der Waals surface area contributed by atoms with E-state index in [1.807, 2.05) is 6.92 Å². The molecule has 0 saturated heterocycles. The van der Waals surface area contributed by atoms with Gasteiger partial charge < -0.3 is 5.32 Å². The van der Waals surface area contributed by atoms with Gasteiger partial charge in [0.05, 0.1) is 17.0 Å². The molecule has 4 heteroatoms. The van der Waals surface area contributed by atoms with E-state index in [0.29, 0.717) is 10.9 Å². The van der Waals surface area contributed by atoms with E-state index in [-0.39, 0.29) is 11.9 Å². The lowest BCUT2D eigenvalue weighted by molar-refractivity contribution is 0.621. The number of nitriles is 1. The molecule has 2 nitrogen and oxygen atoms in total. The van der Waals surface area contributed by atoms with Crippen molar-refractivity contribution in [2.45, 2.75) is 25.8 Å². The van der Waals surface area contributed by atoms with Crippen LogP contribution in [0.5, 0.6) is 0 Å². The number of nitrogens with zero attached hydrogens (tertiary/aromatic N) is 1. The summed E-state index contributed by atoms with van der Waals surface area (Å²) in [5.41, 5.74) is 0.824. The Balaban J connectivity index is 2.71. The quantitative estimate of drug-likeness (QED) is 0.906. The minimum atomic E-state index is -0.283. The van der Waals surface area contributed by atoms with E-state index in [9.17, 15) is 4.39 Å². The van der Waals surface area contributed by atoms with Gasteiger partial charge in [0.15, 0.2) is 0 Å². The molecule has 0 saturated carbocycles. The molecule has 0 aliphatic heterocycles. The number of hydrogen-bond acceptors (Lipinski definition) is 2. The van der Waals surface area contributed by atoms with Gasteiger partial charge in [0, 0.05) is 11.7 Å². The maximum absolute atomic E-state index is 12.9. The normalized spacial score (nSPS) is 11.9. The topological polar surface area (TPSA) is 35.8 Å². The van der Waals surface area contributed by atoms with Crippen molar-refractivity contribution in [2.75, 3.05) is 5.32 Å². The zero-order chi connectivity index (χ0) is 11.3. The summed E-state index contributed by atoms with van der Waals surface area (Å²) < 4.78 is 13.4. The fourth-order valence-corrected chi connectivity index (χ4v) is 1.61. The number of hydrogen-bond donors (Lipinski definition) is 1. The Morgan fingerprint density at radius 2 is 2.33 bits per heavy atom. The molecule has 1 aromatic carbocycles. The molecule has 0 aliphatic carbocycles. The molecule has 0 fully saturated rings. The lowest BCUT2D eigenvalue weighted by Crippen LogP contribution is -2.17. The molecule has 1 unspecified atom stereocenters. The summed E-state index contributed by atoms with van der Waals surface area (Å²) in [6.07, 6.45) is 1.31. The van der Waals surface area contributed by atoms with E-state index in [4.69, 9.17) is 5.26 Å². The lowest BCUT2D eigenvalue weighted by atomic mass is 10.1. The second kappa shape index (κ2) is 5.72. The van der Waals surface area contributed by atoms with Gasteiger partial charge in [-0.05, 0) is 40.5 Å². The van der Waals surface area contributed by atoms with Crippen molar-refractivity contribution in [2.24, 2.45) is 0 Å². The highest BCUT2D eigenvalue weighted by Gasteiger charge is 2.06. The van der Waals surface area contributed by atoms with Crippen LogP contribution in [0.15, 0.2) is 22.7 Å². The monoisotopic (exact) mass is 270 g/mol. The van der Waals surface area contributed by atoms with Crippen molar-refractivity contribution in [1.29, 1.82) is 5.26 Å². The van der Waals surface area contributed by atoms with Crippen LogP contribution in [0.3, 0.4) is 0 Å². The largest absolute Gasteiger partial charge is 0.381 e. The minimum Gasteiger partial charge on any atom is -0.381 e. The Morgan fingerprint density at radius 1 is 1.60 bits per heavy atom. The van der Waals surface area contributed by atoms with Crippen molar-refractivity contribution >= 4 is 21.6 Å². The van der Waals surface area contributed by atoms with Crippen LogP contribution in [0.25, 0.3) is 0 Å². The summed E-state index contributed by atoms with van der Waals surface area (Å²) in [5, 5.41) is 11.8. The summed E-state index contributed by atoms with van der Waals surface area (Å²) in [6.45, 7) is 2.01. The zero-order valence-corrected chi connectivity index (χ0v) is 10.0. The van der Waals surface area contributed by atoms with E-state index in [2.05, 4.69) is 27.3 Å². The van der Waals surface area contributed by atoms with Gasteiger partial charge in [0.25, 0.3) is 0 Å². The molecule has 1 aromatic rings. The number of nitrogens with one attached hydrogen (secondary N) is 1. The first-order chi connectivity index (χ1) is 7.17. The molecular formula is C11H12BrFN2. The van der Waals surface area contributed by atoms with E-state index in [1.54, 1.807) is 12.1 Å². The van der Waals surface area contributed by atoms with Crippen LogP contribution in [0.1, 0.15) is 19.8 Å². The van der Waals surface area contributed by atoms with Crippen LogP contribution in [0.2, 0.25) is 0 Å². The Labute approximate surface area is 97.2 Å². The smallest absolute Gasteiger partial charge is 0.137 e. The maximum atomic E-state index is 12.9. The van der Waals surface area contributed by atoms with Crippen molar-refractivity contribution in [1.82, 2.24) is 0 Å². The van der Waals surface area contributed by atoms with Crippen LogP contribution in [-0.4, -0.2) is 6.04 Å². The van der Waals surface area contributed by atoms with E-state index in [1.165, 1.54) is 6.07 Å². The van der Waals surface area contributed by atoms with Crippen molar-refractivity contribution < 1.29 is 4.39 Å². The van der Waals surface area contributed by atoms with E-state index < -0.39 is 0 Å². The first kappa shape index (κ1) is 12.0. The van der Waals surface area contributed by atoms with Gasteiger partial charge in [0.1, 0.15) is 5.82 Å². The predicted octanol–water partition coefficient (Wildman–Crippen LogP) is 3.69. The SMILES string of the molecule is CCC(CC#N)Nc1ccc(F)c(Br)c1. The van der Waals surface area contributed by atoms with Crippen LogP contribution >= 0.6 is 15.9 Å². The third-order valence-corrected chi connectivity index (χ3v) is 2.73. The second-order valence-corrected chi connectivity index (χ2v) is 4.09. The molecule has 1 N–H and O–H groups in total. The Kier molecular flexibility index (Phi) is 4.57. The highest BCUT2D eigenvalue weighted by atomic mass is 79.9. The molecule has 0 radical (unpaired) electrons. The summed E-state index contributed by atoms with van der Waals surface area (Å²) in [5.74, 6) is -0.283. The third kappa shape index (κ3) is 3.52. The van der Waals surface area contributed by atoms with Crippen molar-refractivity contribution in [3.05, 3.63) is 28.5 Å². The van der Waals surface area contributed by atoms with Crippen molar-refractivity contribution in [3.63, 3.8) is 0 Å².